The van der Waals surface area contributed by atoms with E-state index in [1.165, 1.54) is 0 Å². The summed E-state index contributed by atoms with van der Waals surface area (Å²) in [4.78, 5) is 0. The third-order valence-corrected chi connectivity index (χ3v) is 3.94. The Balaban J connectivity index is 2.33. The van der Waals surface area contributed by atoms with Crippen LogP contribution in [0.25, 0.3) is 10.9 Å². The molecule has 1 heterocycles. The molecule has 6 heteroatoms. The smallest absolute Gasteiger partial charge is 0.232 e. The average molecular weight is 253 g/mol. The predicted octanol–water partition coefficient (Wildman–Crippen LogP) is 1.96. The molecular formula is C11H15N3O2S. The summed E-state index contributed by atoms with van der Waals surface area (Å²) >= 11 is 0. The second kappa shape index (κ2) is 4.37. The van der Waals surface area contributed by atoms with E-state index in [2.05, 4.69) is 14.9 Å². The lowest BCUT2D eigenvalue weighted by atomic mass is 10.2. The fourth-order valence-corrected chi connectivity index (χ4v) is 3.18. The van der Waals surface area contributed by atoms with Crippen molar-refractivity contribution in [3.63, 3.8) is 0 Å². The summed E-state index contributed by atoms with van der Waals surface area (Å²) in [5, 5.41) is 7.47. The molecule has 0 atom stereocenters. The van der Waals surface area contributed by atoms with Crippen LogP contribution in [0.2, 0.25) is 0 Å². The summed E-state index contributed by atoms with van der Waals surface area (Å²) in [7, 11) is -3.29. The summed E-state index contributed by atoms with van der Waals surface area (Å²) in [6, 6.07) is 5.37. The highest BCUT2D eigenvalue weighted by molar-refractivity contribution is 7.92. The van der Waals surface area contributed by atoms with Crippen molar-refractivity contribution in [3.8, 4) is 0 Å². The van der Waals surface area contributed by atoms with Gasteiger partial charge in [-0.3, -0.25) is 9.82 Å². The number of hydrogen-bond donors (Lipinski definition) is 2. The lowest BCUT2D eigenvalue weighted by Gasteiger charge is -2.10. The van der Waals surface area contributed by atoms with E-state index in [1.54, 1.807) is 18.3 Å². The first-order chi connectivity index (χ1) is 7.98. The van der Waals surface area contributed by atoms with Gasteiger partial charge >= 0.3 is 0 Å². The van der Waals surface area contributed by atoms with Crippen LogP contribution < -0.4 is 4.72 Å². The van der Waals surface area contributed by atoms with Crippen LogP contribution in [0.4, 0.5) is 5.69 Å². The van der Waals surface area contributed by atoms with Crippen LogP contribution in [0.1, 0.15) is 13.8 Å². The molecule has 0 fully saturated rings. The van der Waals surface area contributed by atoms with Gasteiger partial charge in [-0.05, 0) is 18.1 Å². The lowest BCUT2D eigenvalue weighted by Crippen LogP contribution is -2.20. The molecule has 17 heavy (non-hydrogen) atoms. The zero-order valence-corrected chi connectivity index (χ0v) is 10.6. The third kappa shape index (κ3) is 2.76. The van der Waals surface area contributed by atoms with Crippen molar-refractivity contribution < 1.29 is 8.42 Å². The fourth-order valence-electron chi connectivity index (χ4n) is 1.71. The number of nitrogens with one attached hydrogen (secondary N) is 2. The number of rotatable bonds is 4. The van der Waals surface area contributed by atoms with Gasteiger partial charge in [0.25, 0.3) is 0 Å². The van der Waals surface area contributed by atoms with Gasteiger partial charge in [-0.15, -0.1) is 0 Å². The van der Waals surface area contributed by atoms with E-state index in [0.29, 0.717) is 5.69 Å². The van der Waals surface area contributed by atoms with E-state index in [1.807, 2.05) is 19.9 Å². The molecule has 0 aliphatic rings. The van der Waals surface area contributed by atoms with Gasteiger partial charge in [0.1, 0.15) is 0 Å². The predicted molar refractivity (Wildman–Crippen MR) is 68.3 cm³/mol. The monoisotopic (exact) mass is 253 g/mol. The highest BCUT2D eigenvalue weighted by Crippen LogP contribution is 2.22. The standard InChI is InChI=1S/C11H15N3O2S/c1-8(2)7-17(15,16)14-11-5-3-4-10-9(11)6-12-13-10/h3-6,8,14H,7H2,1-2H3,(H,12,13). The number of sulfonamides is 1. The molecule has 5 nitrogen and oxygen atoms in total. The molecule has 0 aliphatic heterocycles. The first-order valence-electron chi connectivity index (χ1n) is 5.40. The second-order valence-electron chi connectivity index (χ2n) is 4.41. The molecule has 1 aromatic heterocycles. The molecule has 2 aromatic rings. The maximum atomic E-state index is 11.8. The van der Waals surface area contributed by atoms with Gasteiger partial charge in [0.05, 0.1) is 23.2 Å². The molecular weight excluding hydrogens is 238 g/mol. The summed E-state index contributed by atoms with van der Waals surface area (Å²) in [6.07, 6.45) is 1.61. The lowest BCUT2D eigenvalue weighted by molar-refractivity contribution is 0.587. The van der Waals surface area contributed by atoms with Crippen LogP contribution in [-0.2, 0) is 10.0 Å². The number of nitrogens with zero attached hydrogens (tertiary/aromatic N) is 1. The molecule has 0 amide bonds. The third-order valence-electron chi connectivity index (χ3n) is 2.30. The molecule has 0 bridgehead atoms. The molecule has 0 saturated heterocycles. The highest BCUT2D eigenvalue weighted by atomic mass is 32.2. The van der Waals surface area contributed by atoms with Gasteiger partial charge in [-0.1, -0.05) is 19.9 Å². The minimum absolute atomic E-state index is 0.0936. The SMILES string of the molecule is CC(C)CS(=O)(=O)Nc1cccc2[nH]ncc12. The van der Waals surface area contributed by atoms with Crippen LogP contribution >= 0.6 is 0 Å². The zero-order valence-electron chi connectivity index (χ0n) is 9.77. The van der Waals surface area contributed by atoms with E-state index >= 15 is 0 Å². The van der Waals surface area contributed by atoms with Crippen molar-refractivity contribution in [1.29, 1.82) is 0 Å². The maximum Gasteiger partial charge on any atom is 0.232 e. The Morgan fingerprint density at radius 3 is 2.88 bits per heavy atom. The van der Waals surface area contributed by atoms with Gasteiger partial charge in [-0.25, -0.2) is 8.42 Å². The average Bonchev–Trinajstić information content (AvgIpc) is 2.63. The number of aromatic amines is 1. The molecule has 2 rings (SSSR count). The number of hydrogen-bond acceptors (Lipinski definition) is 3. The number of benzene rings is 1. The van der Waals surface area contributed by atoms with Gasteiger partial charge in [-0.2, -0.15) is 5.10 Å². The van der Waals surface area contributed by atoms with E-state index in [9.17, 15) is 8.42 Å². The van der Waals surface area contributed by atoms with Gasteiger partial charge in [0.2, 0.25) is 10.0 Å². The van der Waals surface area contributed by atoms with Crippen molar-refractivity contribution in [1.82, 2.24) is 10.2 Å². The Kier molecular flexibility index (Phi) is 3.06. The van der Waals surface area contributed by atoms with Crippen molar-refractivity contribution in [2.45, 2.75) is 13.8 Å². The minimum atomic E-state index is -3.29. The first-order valence-corrected chi connectivity index (χ1v) is 7.06. The van der Waals surface area contributed by atoms with E-state index in [0.717, 1.165) is 10.9 Å². The molecule has 0 saturated carbocycles. The Bertz CT molecular complexity index is 616. The molecule has 1 aromatic carbocycles. The number of fused-ring (bicyclic) bond motifs is 1. The van der Waals surface area contributed by atoms with E-state index < -0.39 is 10.0 Å². The van der Waals surface area contributed by atoms with Crippen LogP contribution in [0.3, 0.4) is 0 Å². The van der Waals surface area contributed by atoms with Crippen LogP contribution in [0, 0.1) is 5.92 Å². The Labute approximate surface area is 100 Å². The number of anilines is 1. The Hall–Kier alpha value is -1.56. The summed E-state index contributed by atoms with van der Waals surface area (Å²) < 4.78 is 26.3. The first kappa shape index (κ1) is 11.9. The summed E-state index contributed by atoms with van der Waals surface area (Å²) in [6.45, 7) is 3.75. The second-order valence-corrected chi connectivity index (χ2v) is 6.18. The quantitative estimate of drug-likeness (QED) is 0.874. The molecule has 0 aliphatic carbocycles. The number of aromatic nitrogens is 2. The van der Waals surface area contributed by atoms with Crippen molar-refractivity contribution >= 4 is 26.6 Å². The zero-order chi connectivity index (χ0) is 12.5. The normalized spacial score (nSPS) is 12.2. The van der Waals surface area contributed by atoms with Gasteiger partial charge in [0.15, 0.2) is 0 Å². The Morgan fingerprint density at radius 1 is 1.41 bits per heavy atom. The molecule has 2 N–H and O–H groups in total. The van der Waals surface area contributed by atoms with Crippen LogP contribution in [-0.4, -0.2) is 24.4 Å². The van der Waals surface area contributed by atoms with Gasteiger partial charge < -0.3 is 0 Å². The summed E-state index contributed by atoms with van der Waals surface area (Å²) in [5.41, 5.74) is 1.38. The highest BCUT2D eigenvalue weighted by Gasteiger charge is 2.14. The molecule has 0 unspecified atom stereocenters. The van der Waals surface area contributed by atoms with E-state index in [4.69, 9.17) is 0 Å². The fraction of sp³-hybridized carbons (Fsp3) is 0.364. The van der Waals surface area contributed by atoms with Crippen molar-refractivity contribution in [3.05, 3.63) is 24.4 Å². The van der Waals surface area contributed by atoms with Gasteiger partial charge in [0, 0.05) is 5.39 Å². The maximum absolute atomic E-state index is 11.8. The molecule has 0 radical (unpaired) electrons. The summed E-state index contributed by atoms with van der Waals surface area (Å²) in [5.74, 6) is 0.206. The topological polar surface area (TPSA) is 74.8 Å². The minimum Gasteiger partial charge on any atom is -0.283 e. The molecule has 0 spiro atoms. The van der Waals surface area contributed by atoms with Crippen molar-refractivity contribution in [2.24, 2.45) is 5.92 Å². The van der Waals surface area contributed by atoms with Crippen LogP contribution in [0.5, 0.6) is 0 Å². The Morgan fingerprint density at radius 2 is 2.18 bits per heavy atom. The van der Waals surface area contributed by atoms with Crippen LogP contribution in [0.15, 0.2) is 24.4 Å². The molecule has 92 valence electrons. The van der Waals surface area contributed by atoms with Crippen molar-refractivity contribution in [2.75, 3.05) is 10.5 Å². The number of H-pyrrole nitrogens is 1. The van der Waals surface area contributed by atoms with E-state index in [-0.39, 0.29) is 11.7 Å². The largest absolute Gasteiger partial charge is 0.283 e.